The molecule has 0 aliphatic carbocycles. The third-order valence-electron chi connectivity index (χ3n) is 5.93. The molecule has 0 saturated carbocycles. The summed E-state index contributed by atoms with van der Waals surface area (Å²) >= 11 is 6.20. The molecule has 22 nitrogen and oxygen atoms in total. The molecule has 0 aromatic carbocycles. The van der Waals surface area contributed by atoms with E-state index < -0.39 is 72.8 Å². The third-order valence-corrected chi connectivity index (χ3v) is 10.8. The number of carbonyl (C=O) groups excluding carboxylic acids is 2. The van der Waals surface area contributed by atoms with Gasteiger partial charge in [0, 0.05) is 0 Å². The van der Waals surface area contributed by atoms with Gasteiger partial charge in [0.1, 0.15) is 34.5 Å². The van der Waals surface area contributed by atoms with Gasteiger partial charge >= 0.3 is 29.4 Å². The maximum Gasteiger partial charge on any atom is 0.490 e. The zero-order valence-corrected chi connectivity index (χ0v) is 26.4. The Morgan fingerprint density at radius 3 is 2.56 bits per heavy atom. The van der Waals surface area contributed by atoms with Crippen molar-refractivity contribution < 1.29 is 75.0 Å². The molecule has 7 atom stereocenters. The molecule has 5 rings (SSSR count). The number of thiophene rings is 1. The van der Waals surface area contributed by atoms with E-state index in [9.17, 15) is 33.1 Å². The standard InChI is InChI=1S/C18H21N6O16P3S2/c1-34-16(26)6-2-3-45-14(6)22-12(25)17-37-9-7(4-35-42(30,31)40-43(32,33)39-41(27,28)29)36-15(10(9)38-17)24-5-20-8-11(24)21-18(19)23-13(8)44/h2-3,5,7,9-10,15,17H,4H2,1H3,(H,22,25)(H,30,31)(H,32,33)(H2,27,28,29)(H3,19,21,23,44). The first-order chi connectivity index (χ1) is 21.0. The maximum atomic E-state index is 13.1. The Bertz CT molecular complexity index is 1840. The first-order valence-electron chi connectivity index (χ1n) is 11.9. The van der Waals surface area contributed by atoms with Crippen LogP contribution in [-0.2, 0) is 50.6 Å². The minimum Gasteiger partial charge on any atom is -0.465 e. The molecule has 0 bridgehead atoms. The van der Waals surface area contributed by atoms with Crippen molar-refractivity contribution in [3.05, 3.63) is 28.0 Å². The Balaban J connectivity index is 1.39. The van der Waals surface area contributed by atoms with E-state index in [2.05, 4.69) is 28.9 Å². The second-order valence-corrected chi connectivity index (χ2v) is 14.6. The van der Waals surface area contributed by atoms with E-state index in [4.69, 9.17) is 51.2 Å². The van der Waals surface area contributed by atoms with E-state index in [1.807, 2.05) is 0 Å². The van der Waals surface area contributed by atoms with E-state index in [1.54, 1.807) is 0 Å². The first-order valence-corrected chi connectivity index (χ1v) is 17.7. The van der Waals surface area contributed by atoms with E-state index in [1.165, 1.54) is 22.3 Å². The molecule has 2 fully saturated rings. The molecule has 2 aliphatic rings. The van der Waals surface area contributed by atoms with Gasteiger partial charge in [-0.2, -0.15) is 8.62 Å². The number of fused-ring (bicyclic) bond motifs is 2. The molecule has 246 valence electrons. The summed E-state index contributed by atoms with van der Waals surface area (Å²) < 4.78 is 70.8. The second kappa shape index (κ2) is 12.6. The summed E-state index contributed by atoms with van der Waals surface area (Å²) in [6.45, 7) is -0.928. The van der Waals surface area contributed by atoms with Crippen molar-refractivity contribution in [1.82, 2.24) is 19.5 Å². The van der Waals surface area contributed by atoms with Gasteiger partial charge in [0.25, 0.3) is 5.91 Å². The lowest BCUT2D eigenvalue weighted by Gasteiger charge is -2.22. The van der Waals surface area contributed by atoms with Gasteiger partial charge < -0.3 is 54.6 Å². The molecule has 2 aliphatic heterocycles. The number of carbonyl (C=O) groups is 2. The van der Waals surface area contributed by atoms with Crippen LogP contribution in [0.5, 0.6) is 0 Å². The van der Waals surface area contributed by atoms with Crippen LogP contribution in [0.25, 0.3) is 11.2 Å². The van der Waals surface area contributed by atoms with Crippen LogP contribution in [0.3, 0.4) is 0 Å². The number of imidazole rings is 1. The van der Waals surface area contributed by atoms with Crippen molar-refractivity contribution in [3.8, 4) is 0 Å². The van der Waals surface area contributed by atoms with E-state index in [0.717, 1.165) is 18.4 Å². The van der Waals surface area contributed by atoms with Crippen molar-refractivity contribution in [2.45, 2.75) is 30.8 Å². The first kappa shape index (κ1) is 33.9. The van der Waals surface area contributed by atoms with Crippen LogP contribution in [0.4, 0.5) is 10.9 Å². The zero-order chi connectivity index (χ0) is 32.9. The average Bonchev–Trinajstić information content (AvgIpc) is 3.68. The number of aromatic nitrogens is 4. The lowest BCUT2D eigenvalue weighted by molar-refractivity contribution is -0.166. The minimum atomic E-state index is -5.80. The number of anilines is 2. The predicted octanol–water partition coefficient (Wildman–Crippen LogP) is 0.909. The number of phosphoric ester groups is 1. The van der Waals surface area contributed by atoms with Gasteiger partial charge in [-0.1, -0.05) is 12.2 Å². The fraction of sp³-hybridized carbons (Fsp3) is 0.389. The summed E-state index contributed by atoms with van der Waals surface area (Å²) in [7, 11) is -15.8. The number of amides is 1. The fourth-order valence-corrected chi connectivity index (χ4v) is 8.34. The van der Waals surface area contributed by atoms with Crippen LogP contribution in [0.1, 0.15) is 16.6 Å². The number of rotatable bonds is 11. The van der Waals surface area contributed by atoms with Crippen molar-refractivity contribution in [1.29, 1.82) is 0 Å². The number of nitrogen functional groups attached to an aromatic ring is 1. The summed E-state index contributed by atoms with van der Waals surface area (Å²) in [5.74, 6) is -1.65. The molecule has 1 amide bonds. The van der Waals surface area contributed by atoms with E-state index >= 15 is 0 Å². The van der Waals surface area contributed by atoms with Gasteiger partial charge in [-0.15, -0.1) is 11.3 Å². The van der Waals surface area contributed by atoms with Crippen LogP contribution in [0, 0.1) is 4.64 Å². The SMILES string of the molecule is COC(=O)c1ccsc1NC(=O)C1OC2C(COP(=O)(O)OP(=O)(O)OP(=O)(O)O)OC(n3cnc4c(=S)nc(N)[nH]c43)C2O1. The number of ether oxygens (including phenoxy) is 4. The molecule has 0 radical (unpaired) electrons. The number of phosphoric acid groups is 3. The topological polar surface area (TPSA) is 315 Å². The molecule has 3 aromatic heterocycles. The highest BCUT2D eigenvalue weighted by molar-refractivity contribution is 7.71. The summed E-state index contributed by atoms with van der Waals surface area (Å²) in [5, 5.41) is 4.16. The molecule has 8 N–H and O–H groups in total. The van der Waals surface area contributed by atoms with Crippen molar-refractivity contribution in [2.24, 2.45) is 0 Å². The Labute approximate surface area is 258 Å². The molecular formula is C18H21N6O16P3S2. The van der Waals surface area contributed by atoms with E-state index in [0.29, 0.717) is 0 Å². The number of esters is 1. The number of hydrogen-bond acceptors (Lipinski definition) is 17. The van der Waals surface area contributed by atoms with Gasteiger partial charge in [0.05, 0.1) is 25.6 Å². The van der Waals surface area contributed by atoms with Crippen LogP contribution in [0.2, 0.25) is 0 Å². The second-order valence-electron chi connectivity index (χ2n) is 8.91. The van der Waals surface area contributed by atoms with Crippen LogP contribution in [-0.4, -0.2) is 89.3 Å². The molecule has 7 unspecified atom stereocenters. The minimum absolute atomic E-state index is 0.0389. The molecule has 5 heterocycles. The maximum absolute atomic E-state index is 13.1. The molecular weight excluding hydrogens is 713 g/mol. The molecule has 3 aromatic rings. The van der Waals surface area contributed by atoms with Crippen molar-refractivity contribution >= 4 is 81.0 Å². The van der Waals surface area contributed by atoms with Crippen molar-refractivity contribution in [3.63, 3.8) is 0 Å². The van der Waals surface area contributed by atoms with Gasteiger partial charge in [-0.25, -0.2) is 28.5 Å². The van der Waals surface area contributed by atoms with Crippen LogP contribution >= 0.6 is 47.0 Å². The number of hydrogen-bond donors (Lipinski definition) is 7. The number of nitrogens with two attached hydrogens (primary N) is 1. The number of methoxy groups -OCH3 is 1. The largest absolute Gasteiger partial charge is 0.490 e. The number of nitrogens with zero attached hydrogens (tertiary/aromatic N) is 3. The average molecular weight is 734 g/mol. The van der Waals surface area contributed by atoms with E-state index in [-0.39, 0.29) is 32.3 Å². The molecule has 45 heavy (non-hydrogen) atoms. The normalized spacial score (nSPS) is 25.8. The highest BCUT2D eigenvalue weighted by Gasteiger charge is 2.56. The van der Waals surface area contributed by atoms with Gasteiger partial charge in [-0.3, -0.25) is 13.9 Å². The molecule has 27 heteroatoms. The number of aromatic amines is 1. The molecule has 2 saturated heterocycles. The zero-order valence-electron chi connectivity index (χ0n) is 22.1. The number of nitrogens with one attached hydrogen (secondary N) is 2. The lowest BCUT2D eigenvalue weighted by Crippen LogP contribution is -2.34. The fourth-order valence-electron chi connectivity index (χ4n) is 4.28. The Morgan fingerprint density at radius 1 is 1.16 bits per heavy atom. The predicted molar refractivity (Wildman–Crippen MR) is 149 cm³/mol. The smallest absolute Gasteiger partial charge is 0.465 e. The highest BCUT2D eigenvalue weighted by atomic mass is 32.1. The highest BCUT2D eigenvalue weighted by Crippen LogP contribution is 2.66. The van der Waals surface area contributed by atoms with Gasteiger partial charge in [-0.05, 0) is 11.4 Å². The van der Waals surface area contributed by atoms with Crippen LogP contribution < -0.4 is 11.1 Å². The summed E-state index contributed by atoms with van der Waals surface area (Å²) in [6.07, 6.45) is -5.32. The van der Waals surface area contributed by atoms with Gasteiger partial charge in [0.2, 0.25) is 6.29 Å². The Kier molecular flexibility index (Phi) is 9.48. The number of H-pyrrole nitrogens is 1. The molecule has 0 spiro atoms. The van der Waals surface area contributed by atoms with Gasteiger partial charge in [0.15, 0.2) is 16.8 Å². The summed E-state index contributed by atoms with van der Waals surface area (Å²) in [5.41, 5.74) is 6.27. The lowest BCUT2D eigenvalue weighted by atomic mass is 10.1. The Morgan fingerprint density at radius 2 is 1.87 bits per heavy atom. The van der Waals surface area contributed by atoms with Crippen molar-refractivity contribution in [2.75, 3.05) is 24.8 Å². The monoisotopic (exact) mass is 734 g/mol. The summed E-state index contributed by atoms with van der Waals surface area (Å²) in [6, 6.07) is 1.43. The Hall–Kier alpha value is -2.50. The third kappa shape index (κ3) is 7.57. The van der Waals surface area contributed by atoms with Crippen LogP contribution in [0.15, 0.2) is 17.8 Å². The quantitative estimate of drug-likeness (QED) is 0.0817. The summed E-state index contributed by atoms with van der Waals surface area (Å²) in [4.78, 5) is 72.8.